The third-order valence-corrected chi connectivity index (χ3v) is 4.16. The molecule has 0 atom stereocenters. The van der Waals surface area contributed by atoms with Gasteiger partial charge in [0, 0.05) is 11.4 Å². The third-order valence-electron chi connectivity index (χ3n) is 3.65. The molecule has 18 heavy (non-hydrogen) atoms. The van der Waals surface area contributed by atoms with Crippen LogP contribution in [0.1, 0.15) is 32.1 Å². The molecular weight excluding hydrogens is 246 g/mol. The van der Waals surface area contributed by atoms with Gasteiger partial charge in [-0.2, -0.15) is 0 Å². The minimum atomic E-state index is 0.203. The van der Waals surface area contributed by atoms with E-state index in [1.807, 2.05) is 30.3 Å². The molecule has 1 aliphatic rings. The van der Waals surface area contributed by atoms with Gasteiger partial charge in [0.25, 0.3) is 0 Å². The lowest BCUT2D eigenvalue weighted by molar-refractivity contribution is 0.291. The molecule has 2 nitrogen and oxygen atoms in total. The summed E-state index contributed by atoms with van der Waals surface area (Å²) in [7, 11) is 0. The maximum Gasteiger partial charge on any atom is 0.119 e. The molecule has 0 heterocycles. The highest BCUT2D eigenvalue weighted by Gasteiger charge is 2.31. The standard InChI is InChI=1S/C15H22ClNO/c16-13-15(9-4-5-10-15)17-11-6-12-18-14-7-2-1-3-8-14/h1-3,7-8,17H,4-6,9-13H2. The fourth-order valence-electron chi connectivity index (χ4n) is 2.54. The first-order valence-corrected chi connectivity index (χ1v) is 7.37. The average Bonchev–Trinajstić information content (AvgIpc) is 2.89. The lowest BCUT2D eigenvalue weighted by Crippen LogP contribution is -2.45. The molecule has 0 radical (unpaired) electrons. The Morgan fingerprint density at radius 3 is 2.56 bits per heavy atom. The van der Waals surface area contributed by atoms with Gasteiger partial charge in [-0.05, 0) is 37.9 Å². The van der Waals surface area contributed by atoms with E-state index < -0.39 is 0 Å². The van der Waals surface area contributed by atoms with Crippen LogP contribution in [0.2, 0.25) is 0 Å². The molecule has 0 unspecified atom stereocenters. The molecule has 0 aromatic heterocycles. The van der Waals surface area contributed by atoms with Crippen molar-refractivity contribution in [3.63, 3.8) is 0 Å². The zero-order valence-corrected chi connectivity index (χ0v) is 11.6. The second kappa shape index (κ2) is 7.01. The molecule has 1 saturated carbocycles. The van der Waals surface area contributed by atoms with Crippen molar-refractivity contribution in [2.75, 3.05) is 19.0 Å². The van der Waals surface area contributed by atoms with Crippen LogP contribution in [0, 0.1) is 0 Å². The van der Waals surface area contributed by atoms with Crippen LogP contribution in [-0.2, 0) is 0 Å². The smallest absolute Gasteiger partial charge is 0.119 e. The molecule has 1 aromatic rings. The lowest BCUT2D eigenvalue weighted by atomic mass is 10.0. The van der Waals surface area contributed by atoms with E-state index in [0.717, 1.165) is 31.2 Å². The van der Waals surface area contributed by atoms with Gasteiger partial charge in [-0.3, -0.25) is 0 Å². The van der Waals surface area contributed by atoms with Crippen LogP contribution in [0.5, 0.6) is 5.75 Å². The van der Waals surface area contributed by atoms with E-state index in [0.29, 0.717) is 0 Å². The summed E-state index contributed by atoms with van der Waals surface area (Å²) in [6.45, 7) is 1.74. The van der Waals surface area contributed by atoms with Gasteiger partial charge >= 0.3 is 0 Å². The third kappa shape index (κ3) is 3.89. The highest BCUT2D eigenvalue weighted by molar-refractivity contribution is 6.18. The molecule has 1 N–H and O–H groups in total. The average molecular weight is 268 g/mol. The Balaban J connectivity index is 1.61. The topological polar surface area (TPSA) is 21.3 Å². The van der Waals surface area contributed by atoms with E-state index in [9.17, 15) is 0 Å². The summed E-state index contributed by atoms with van der Waals surface area (Å²) in [6, 6.07) is 9.97. The van der Waals surface area contributed by atoms with E-state index in [1.165, 1.54) is 25.7 Å². The van der Waals surface area contributed by atoms with Crippen molar-refractivity contribution in [3.05, 3.63) is 30.3 Å². The van der Waals surface area contributed by atoms with Gasteiger partial charge in [-0.25, -0.2) is 0 Å². The van der Waals surface area contributed by atoms with Crippen molar-refractivity contribution in [1.29, 1.82) is 0 Å². The fraction of sp³-hybridized carbons (Fsp3) is 0.600. The molecule has 0 bridgehead atoms. The van der Waals surface area contributed by atoms with Crippen LogP contribution < -0.4 is 10.1 Å². The second-order valence-electron chi connectivity index (χ2n) is 5.06. The maximum atomic E-state index is 6.08. The molecule has 1 aliphatic carbocycles. The molecule has 0 spiro atoms. The minimum absolute atomic E-state index is 0.203. The molecule has 0 saturated heterocycles. The van der Waals surface area contributed by atoms with Crippen molar-refractivity contribution >= 4 is 11.6 Å². The fourth-order valence-corrected chi connectivity index (χ4v) is 2.90. The first-order valence-electron chi connectivity index (χ1n) is 6.83. The number of nitrogens with one attached hydrogen (secondary N) is 1. The predicted octanol–water partition coefficient (Wildman–Crippen LogP) is 3.60. The Bertz CT molecular complexity index is 336. The summed E-state index contributed by atoms with van der Waals surface area (Å²) in [6.07, 6.45) is 6.07. The van der Waals surface area contributed by atoms with Crippen LogP contribution >= 0.6 is 11.6 Å². The SMILES string of the molecule is ClCC1(NCCCOc2ccccc2)CCCC1. The van der Waals surface area contributed by atoms with E-state index in [2.05, 4.69) is 5.32 Å². The minimum Gasteiger partial charge on any atom is -0.494 e. The lowest BCUT2D eigenvalue weighted by Gasteiger charge is -2.28. The first kappa shape index (κ1) is 13.7. The van der Waals surface area contributed by atoms with Crippen LogP contribution in [0.25, 0.3) is 0 Å². The van der Waals surface area contributed by atoms with Gasteiger partial charge < -0.3 is 10.1 Å². The van der Waals surface area contributed by atoms with Gasteiger partial charge in [0.05, 0.1) is 6.61 Å². The Morgan fingerprint density at radius 1 is 1.17 bits per heavy atom. The Hall–Kier alpha value is -0.730. The summed E-state index contributed by atoms with van der Waals surface area (Å²) < 4.78 is 5.66. The molecule has 1 aromatic carbocycles. The molecule has 100 valence electrons. The summed E-state index contributed by atoms with van der Waals surface area (Å²) in [4.78, 5) is 0. The van der Waals surface area contributed by atoms with Crippen molar-refractivity contribution in [2.24, 2.45) is 0 Å². The number of alkyl halides is 1. The van der Waals surface area contributed by atoms with Crippen molar-refractivity contribution < 1.29 is 4.74 Å². The molecule has 2 rings (SSSR count). The van der Waals surface area contributed by atoms with Gasteiger partial charge in [-0.1, -0.05) is 31.0 Å². The highest BCUT2D eigenvalue weighted by atomic mass is 35.5. The summed E-state index contributed by atoms with van der Waals surface area (Å²) in [5.41, 5.74) is 0.203. The number of rotatable bonds is 7. The number of para-hydroxylation sites is 1. The number of benzene rings is 1. The highest BCUT2D eigenvalue weighted by Crippen LogP contribution is 2.30. The zero-order chi connectivity index (χ0) is 12.7. The van der Waals surface area contributed by atoms with Crippen LogP contribution in [-0.4, -0.2) is 24.6 Å². The number of hydrogen-bond acceptors (Lipinski definition) is 2. The van der Waals surface area contributed by atoms with Gasteiger partial charge in [-0.15, -0.1) is 11.6 Å². The van der Waals surface area contributed by atoms with Crippen molar-refractivity contribution in [3.8, 4) is 5.75 Å². The molecule has 1 fully saturated rings. The molecule has 0 aliphatic heterocycles. The van der Waals surface area contributed by atoms with E-state index in [4.69, 9.17) is 16.3 Å². The van der Waals surface area contributed by atoms with E-state index in [-0.39, 0.29) is 5.54 Å². The largest absolute Gasteiger partial charge is 0.494 e. The number of halogens is 1. The Labute approximate surface area is 115 Å². The van der Waals surface area contributed by atoms with E-state index in [1.54, 1.807) is 0 Å². The van der Waals surface area contributed by atoms with Gasteiger partial charge in [0.1, 0.15) is 5.75 Å². The van der Waals surface area contributed by atoms with Crippen LogP contribution in [0.3, 0.4) is 0 Å². The summed E-state index contributed by atoms with van der Waals surface area (Å²) in [5, 5.41) is 3.62. The predicted molar refractivity (Wildman–Crippen MR) is 76.5 cm³/mol. The van der Waals surface area contributed by atoms with Crippen molar-refractivity contribution in [1.82, 2.24) is 5.32 Å². The van der Waals surface area contributed by atoms with Crippen molar-refractivity contribution in [2.45, 2.75) is 37.6 Å². The monoisotopic (exact) mass is 267 g/mol. The Morgan fingerprint density at radius 2 is 1.89 bits per heavy atom. The van der Waals surface area contributed by atoms with Gasteiger partial charge in [0.2, 0.25) is 0 Å². The number of ether oxygens (including phenoxy) is 1. The Kier molecular flexibility index (Phi) is 5.33. The summed E-state index contributed by atoms with van der Waals surface area (Å²) >= 11 is 6.08. The summed E-state index contributed by atoms with van der Waals surface area (Å²) in [5.74, 6) is 1.68. The number of hydrogen-bond donors (Lipinski definition) is 1. The van der Waals surface area contributed by atoms with Crippen LogP contribution in [0.15, 0.2) is 30.3 Å². The molecule has 3 heteroatoms. The maximum absolute atomic E-state index is 6.08. The van der Waals surface area contributed by atoms with E-state index >= 15 is 0 Å². The second-order valence-corrected chi connectivity index (χ2v) is 5.33. The normalized spacial score (nSPS) is 17.8. The zero-order valence-electron chi connectivity index (χ0n) is 10.8. The molecular formula is C15H22ClNO. The molecule has 0 amide bonds. The van der Waals surface area contributed by atoms with Crippen LogP contribution in [0.4, 0.5) is 0 Å². The first-order chi connectivity index (χ1) is 8.85. The van der Waals surface area contributed by atoms with Gasteiger partial charge in [0.15, 0.2) is 0 Å². The quantitative estimate of drug-likeness (QED) is 0.602.